The van der Waals surface area contributed by atoms with E-state index >= 15 is 0 Å². The van der Waals surface area contributed by atoms with Crippen LogP contribution in [0, 0.1) is 17.6 Å². The molecule has 40 heavy (non-hydrogen) atoms. The highest BCUT2D eigenvalue weighted by Gasteiger charge is 2.40. The lowest BCUT2D eigenvalue weighted by atomic mass is 9.82. The van der Waals surface area contributed by atoms with Gasteiger partial charge in [-0.25, -0.2) is 31.7 Å². The number of carbonyl (C=O) groups excluding carboxylic acids is 1. The number of thiazole rings is 1. The normalized spacial score (nSPS) is 22.1. The highest BCUT2D eigenvalue weighted by molar-refractivity contribution is 7.90. The van der Waals surface area contributed by atoms with Crippen LogP contribution in [0.1, 0.15) is 62.6 Å². The third-order valence-corrected chi connectivity index (χ3v) is 10.2. The fourth-order valence-corrected chi connectivity index (χ4v) is 7.29. The van der Waals surface area contributed by atoms with Crippen molar-refractivity contribution in [2.75, 3.05) is 13.7 Å². The van der Waals surface area contributed by atoms with Crippen LogP contribution in [0.3, 0.4) is 0 Å². The molecule has 1 aliphatic heterocycles. The first-order chi connectivity index (χ1) is 18.8. The first kappa shape index (κ1) is 30.5. The lowest BCUT2D eigenvalue weighted by Crippen LogP contribution is -2.41. The Hall–Kier alpha value is -2.45. The molecule has 1 fully saturated rings. The topological polar surface area (TPSA) is 130 Å². The van der Waals surface area contributed by atoms with E-state index in [1.807, 2.05) is 0 Å². The third-order valence-electron chi connectivity index (χ3n) is 7.04. The minimum atomic E-state index is -3.62. The summed E-state index contributed by atoms with van der Waals surface area (Å²) < 4.78 is 61.9. The molecular weight excluding hydrogens is 586 g/mol. The van der Waals surface area contributed by atoms with E-state index in [0.717, 1.165) is 6.07 Å². The van der Waals surface area contributed by atoms with E-state index in [0.29, 0.717) is 42.2 Å². The summed E-state index contributed by atoms with van der Waals surface area (Å²) in [5.41, 5.74) is -0.358. The van der Waals surface area contributed by atoms with Gasteiger partial charge in [0.05, 0.1) is 28.6 Å². The van der Waals surface area contributed by atoms with Crippen LogP contribution < -0.4 is 10.0 Å². The fraction of sp³-hybridized carbons (Fsp3) is 0.500. The van der Waals surface area contributed by atoms with E-state index in [9.17, 15) is 27.1 Å². The number of halogens is 3. The van der Waals surface area contributed by atoms with Crippen molar-refractivity contribution in [3.05, 3.63) is 62.2 Å². The number of hydrogen-bond acceptors (Lipinski definition) is 9. The number of sulfonamides is 1. The number of aromatic nitrogens is 1. The number of benzene rings is 1. The summed E-state index contributed by atoms with van der Waals surface area (Å²) in [7, 11) is -2.42. The molecule has 1 aliphatic carbocycles. The van der Waals surface area contributed by atoms with Gasteiger partial charge in [-0.15, -0.1) is 11.3 Å². The van der Waals surface area contributed by atoms with Crippen LogP contribution in [0.5, 0.6) is 0 Å². The van der Waals surface area contributed by atoms with Crippen LogP contribution >= 0.6 is 22.9 Å². The fourth-order valence-electron chi connectivity index (χ4n) is 4.93. The Morgan fingerprint density at radius 2 is 1.98 bits per heavy atom. The SMILES string of the molecule is COC(=O)C1=C([C@H]2CC[C@H](S(=O)(=O)NCCC(C)(C)O)CC2)NC(c2nccs2)=NC1c1ccc(F)c(F)c1Cl. The van der Waals surface area contributed by atoms with E-state index in [2.05, 4.69) is 20.0 Å². The molecule has 1 aromatic carbocycles. The third kappa shape index (κ3) is 6.71. The van der Waals surface area contributed by atoms with Crippen molar-refractivity contribution in [2.24, 2.45) is 10.9 Å². The Kier molecular flexibility index (Phi) is 9.30. The summed E-state index contributed by atoms with van der Waals surface area (Å²) >= 11 is 7.51. The van der Waals surface area contributed by atoms with Gasteiger partial charge in [-0.2, -0.15) is 0 Å². The number of amidine groups is 1. The second-order valence-corrected chi connectivity index (χ2v) is 13.7. The van der Waals surface area contributed by atoms with Gasteiger partial charge < -0.3 is 15.2 Å². The van der Waals surface area contributed by atoms with Crippen LogP contribution in [-0.4, -0.2) is 54.8 Å². The number of nitrogens with one attached hydrogen (secondary N) is 2. The van der Waals surface area contributed by atoms with E-state index in [1.54, 1.807) is 25.4 Å². The molecule has 2 aliphatic rings. The number of allylic oxidation sites excluding steroid dienone is 1. The highest BCUT2D eigenvalue weighted by atomic mass is 35.5. The van der Waals surface area contributed by atoms with E-state index < -0.39 is 49.5 Å². The van der Waals surface area contributed by atoms with Crippen LogP contribution in [0.2, 0.25) is 5.02 Å². The van der Waals surface area contributed by atoms with E-state index in [-0.39, 0.29) is 30.0 Å². The van der Waals surface area contributed by atoms with Gasteiger partial charge in [0.25, 0.3) is 0 Å². The van der Waals surface area contributed by atoms with Gasteiger partial charge in [0.2, 0.25) is 10.0 Å². The average molecular weight is 617 g/mol. The molecule has 0 saturated heterocycles. The number of nitrogens with zero attached hydrogens (tertiary/aromatic N) is 2. The van der Waals surface area contributed by atoms with E-state index in [1.165, 1.54) is 24.5 Å². The number of methoxy groups -OCH3 is 1. The zero-order valence-electron chi connectivity index (χ0n) is 22.2. The van der Waals surface area contributed by atoms with Crippen molar-refractivity contribution in [3.8, 4) is 0 Å². The summed E-state index contributed by atoms with van der Waals surface area (Å²) in [6, 6.07) is 1.09. The monoisotopic (exact) mass is 616 g/mol. The molecule has 1 saturated carbocycles. The van der Waals surface area contributed by atoms with E-state index in [4.69, 9.17) is 16.3 Å². The Labute approximate surface area is 240 Å². The van der Waals surface area contributed by atoms with Crippen LogP contribution in [0.4, 0.5) is 8.78 Å². The quantitative estimate of drug-likeness (QED) is 0.284. The summed E-state index contributed by atoms with van der Waals surface area (Å²) in [5.74, 6) is -3.07. The van der Waals surface area contributed by atoms with Gasteiger partial charge in [0, 0.05) is 29.4 Å². The number of aliphatic hydroxyl groups is 1. The minimum Gasteiger partial charge on any atom is -0.466 e. The predicted octanol–water partition coefficient (Wildman–Crippen LogP) is 4.23. The molecule has 0 radical (unpaired) electrons. The highest BCUT2D eigenvalue weighted by Crippen LogP contribution is 2.42. The second kappa shape index (κ2) is 12.2. The summed E-state index contributed by atoms with van der Waals surface area (Å²) in [6.07, 6.45) is 3.34. The molecule has 0 spiro atoms. The maximum atomic E-state index is 14.5. The molecule has 218 valence electrons. The van der Waals surface area contributed by atoms with Crippen LogP contribution in [0.15, 0.2) is 40.0 Å². The largest absolute Gasteiger partial charge is 0.466 e. The minimum absolute atomic E-state index is 0.0845. The number of esters is 1. The Morgan fingerprint density at radius 1 is 1.27 bits per heavy atom. The zero-order chi connectivity index (χ0) is 29.2. The van der Waals surface area contributed by atoms with Crippen LogP contribution in [0.25, 0.3) is 0 Å². The molecule has 9 nitrogen and oxygen atoms in total. The van der Waals surface area contributed by atoms with Crippen LogP contribution in [-0.2, 0) is 19.6 Å². The molecule has 1 unspecified atom stereocenters. The summed E-state index contributed by atoms with van der Waals surface area (Å²) in [5, 5.41) is 14.2. The number of hydrogen-bond donors (Lipinski definition) is 3. The van der Waals surface area contributed by atoms with Crippen molar-refractivity contribution < 1.29 is 31.8 Å². The molecule has 1 atom stereocenters. The molecule has 0 bridgehead atoms. The standard InChI is InChI=1S/C26H31ClF2N4O5S2/c1-26(2,35)10-11-31-40(36,37)15-6-4-14(5-7-15)21-18(25(34)38-3)22(16-8-9-17(28)20(29)19(16)27)33-23(32-21)24-30-12-13-39-24/h8-9,12-15,22,31,35H,4-7,10-11H2,1-3H3,(H,32,33)/t14-,15-,22?. The molecule has 1 aromatic heterocycles. The Morgan fingerprint density at radius 3 is 2.58 bits per heavy atom. The number of aliphatic imine (C=N–C) groups is 1. The van der Waals surface area contributed by atoms with Crippen molar-refractivity contribution in [2.45, 2.75) is 62.8 Å². The van der Waals surface area contributed by atoms with Gasteiger partial charge in [-0.3, -0.25) is 4.99 Å². The second-order valence-electron chi connectivity index (χ2n) is 10.4. The molecule has 2 aromatic rings. The average Bonchev–Trinajstić information content (AvgIpc) is 3.45. The van der Waals surface area contributed by atoms with Gasteiger partial charge in [-0.1, -0.05) is 17.7 Å². The van der Waals surface area contributed by atoms with Gasteiger partial charge >= 0.3 is 5.97 Å². The van der Waals surface area contributed by atoms with Crippen molar-refractivity contribution in [3.63, 3.8) is 0 Å². The molecule has 4 rings (SSSR count). The lowest BCUT2D eigenvalue weighted by molar-refractivity contribution is -0.136. The number of ether oxygens (including phenoxy) is 1. The summed E-state index contributed by atoms with van der Waals surface area (Å²) in [4.78, 5) is 22.1. The van der Waals surface area contributed by atoms with Crippen molar-refractivity contribution in [1.29, 1.82) is 0 Å². The molecule has 2 heterocycles. The van der Waals surface area contributed by atoms with Crippen molar-refractivity contribution >= 4 is 44.8 Å². The smallest absolute Gasteiger partial charge is 0.338 e. The first-order valence-electron chi connectivity index (χ1n) is 12.7. The molecule has 14 heteroatoms. The number of carbonyl (C=O) groups is 1. The van der Waals surface area contributed by atoms with Crippen molar-refractivity contribution in [1.82, 2.24) is 15.0 Å². The molecule has 3 N–H and O–H groups in total. The molecule has 0 amide bonds. The first-order valence-corrected chi connectivity index (χ1v) is 15.5. The lowest BCUT2D eigenvalue weighted by Gasteiger charge is -2.35. The molecular formula is C26H31ClF2N4O5S2. The maximum absolute atomic E-state index is 14.5. The Balaban J connectivity index is 1.67. The van der Waals surface area contributed by atoms with Gasteiger partial charge in [0.15, 0.2) is 22.5 Å². The maximum Gasteiger partial charge on any atom is 0.338 e. The number of rotatable bonds is 9. The Bertz CT molecular complexity index is 1420. The summed E-state index contributed by atoms with van der Waals surface area (Å²) in [6.45, 7) is 3.34. The predicted molar refractivity (Wildman–Crippen MR) is 149 cm³/mol. The zero-order valence-corrected chi connectivity index (χ0v) is 24.6. The van der Waals surface area contributed by atoms with Gasteiger partial charge in [-0.05, 0) is 57.9 Å². The van der Waals surface area contributed by atoms with Gasteiger partial charge in [0.1, 0.15) is 6.04 Å².